The number of primary sulfonamides is 1. The van der Waals surface area contributed by atoms with Crippen LogP contribution in [0.2, 0.25) is 0 Å². The van der Waals surface area contributed by atoms with Gasteiger partial charge in [-0.15, -0.1) is 0 Å². The van der Waals surface area contributed by atoms with Gasteiger partial charge in [-0.2, -0.15) is 0 Å². The minimum absolute atomic E-state index is 0. The van der Waals surface area contributed by atoms with Crippen molar-refractivity contribution in [3.8, 4) is 0 Å². The second kappa shape index (κ2) is 4.82. The number of nitrogens with two attached hydrogens (primary N) is 1. The fourth-order valence-electron chi connectivity index (χ4n) is 1.27. The number of hydrogen-bond donors (Lipinski definition) is 1. The van der Waals surface area contributed by atoms with Crippen LogP contribution in [0.4, 0.5) is 0 Å². The van der Waals surface area contributed by atoms with Crippen LogP contribution in [0, 0.1) is 0 Å². The minimum atomic E-state index is -3.59. The average Bonchev–Trinajstić information content (AvgIpc) is 2.01. The van der Waals surface area contributed by atoms with Crippen molar-refractivity contribution in [3.05, 3.63) is 29.8 Å². The first-order valence-electron chi connectivity index (χ1n) is 4.20. The summed E-state index contributed by atoms with van der Waals surface area (Å²) in [6.45, 7) is 4.06. The summed E-state index contributed by atoms with van der Waals surface area (Å²) in [5.41, 5.74) is 0.828. The summed E-state index contributed by atoms with van der Waals surface area (Å²) < 4.78 is 22.5. The Balaban J connectivity index is 0.00000196. The van der Waals surface area contributed by atoms with Crippen molar-refractivity contribution in [2.75, 3.05) is 0 Å². The molecule has 0 fully saturated rings. The Morgan fingerprint density at radius 2 is 1.73 bits per heavy atom. The van der Waals surface area contributed by atoms with Crippen LogP contribution >= 0.6 is 0 Å². The zero-order valence-electron chi connectivity index (χ0n) is 8.82. The maximum Gasteiger partial charge on any atom is -0.412 e. The number of benzene rings is 1. The van der Waals surface area contributed by atoms with Gasteiger partial charge in [-0.25, -0.2) is 0 Å². The normalized spacial score (nSPS) is 12.0. The van der Waals surface area contributed by atoms with Crippen LogP contribution < -0.4 is 5.14 Å². The molecule has 1 aromatic rings. The first-order valence-corrected chi connectivity index (χ1v) is 7.77. The molecule has 85 valence electrons. The molecule has 1 rings (SSSR count). The van der Waals surface area contributed by atoms with E-state index in [1.54, 1.807) is 12.1 Å². The third-order valence-electron chi connectivity index (χ3n) is 1.92. The molecule has 0 spiro atoms. The summed E-state index contributed by atoms with van der Waals surface area (Å²) in [4.78, 5) is 0.258. The smallest absolute Gasteiger partial charge is 0.412 e. The Kier molecular flexibility index (Phi) is 4.78. The Bertz CT molecular complexity index is 437. The van der Waals surface area contributed by atoms with Gasteiger partial charge in [-0.05, 0) is 0 Å². The number of sulfonamides is 1. The predicted molar refractivity (Wildman–Crippen MR) is 63.0 cm³/mol. The van der Waals surface area contributed by atoms with Gasteiger partial charge < -0.3 is 5.48 Å². The van der Waals surface area contributed by atoms with E-state index in [4.69, 9.17) is 5.14 Å². The Labute approximate surface area is 103 Å². The van der Waals surface area contributed by atoms with Crippen LogP contribution in [0.1, 0.15) is 19.4 Å². The van der Waals surface area contributed by atoms with Gasteiger partial charge in [0.15, 0.2) is 0 Å². The summed E-state index contributed by atoms with van der Waals surface area (Å²) in [5, 5.41) is 5.15. The molecule has 0 aliphatic rings. The summed E-state index contributed by atoms with van der Waals surface area (Å²) in [6.07, 6.45) is 0. The van der Waals surface area contributed by atoms with Gasteiger partial charge in [0.25, 0.3) is 0 Å². The van der Waals surface area contributed by atoms with E-state index in [1.807, 2.05) is 26.0 Å². The monoisotopic (exact) mass is 338 g/mol. The molecular weight excluding hydrogens is 321 g/mol. The van der Waals surface area contributed by atoms with Gasteiger partial charge in [0, 0.05) is 0 Å². The van der Waals surface area contributed by atoms with E-state index in [1.165, 1.54) is 0 Å². The maximum absolute atomic E-state index is 11.3. The molecule has 0 aromatic heterocycles. The van der Waals surface area contributed by atoms with Gasteiger partial charge in [0.1, 0.15) is 0 Å². The van der Waals surface area contributed by atoms with Crippen molar-refractivity contribution in [1.29, 1.82) is 0 Å². The average molecular weight is 337 g/mol. The Morgan fingerprint density at radius 1 is 1.27 bits per heavy atom. The van der Waals surface area contributed by atoms with Crippen molar-refractivity contribution in [2.45, 2.75) is 22.2 Å². The summed E-state index contributed by atoms with van der Waals surface area (Å²) in [7, 11) is -3.59. The van der Waals surface area contributed by atoms with E-state index >= 15 is 0 Å². The largest absolute Gasteiger partial charge is 0.412 e. The molecule has 0 aliphatic carbocycles. The van der Waals surface area contributed by atoms with E-state index in [9.17, 15) is 8.42 Å². The zero-order chi connectivity index (χ0) is 11.0. The molecule has 0 saturated carbocycles. The second-order valence-electron chi connectivity index (χ2n) is 3.93. The van der Waals surface area contributed by atoms with E-state index < -0.39 is 10.0 Å². The van der Waals surface area contributed by atoms with E-state index in [0.29, 0.717) is 22.5 Å². The second-order valence-corrected chi connectivity index (χ2v) is 10.5. The summed E-state index contributed by atoms with van der Waals surface area (Å²) in [6, 6.07) is 6.94. The molecule has 0 aliphatic heterocycles. The molecule has 1 radical (unpaired) electrons. The molecule has 0 atom stereocenters. The predicted octanol–water partition coefficient (Wildman–Crippen LogP) is -0.622. The topological polar surface area (TPSA) is 91.7 Å². The molecule has 1 aromatic carbocycles. The third-order valence-corrected chi connectivity index (χ3v) is 3.98. The minimum Gasteiger partial charge on any atom is -0.412 e. The quantitative estimate of drug-likeness (QED) is 0.729. The van der Waals surface area contributed by atoms with Gasteiger partial charge in [-0.1, -0.05) is 0 Å². The molecule has 15 heavy (non-hydrogen) atoms. The van der Waals surface area contributed by atoms with Gasteiger partial charge in [0.2, 0.25) is 0 Å². The van der Waals surface area contributed by atoms with Crippen LogP contribution in [0.3, 0.4) is 0 Å². The number of rotatable bonds is 2. The third kappa shape index (κ3) is 3.75. The van der Waals surface area contributed by atoms with Crippen LogP contribution in [-0.4, -0.2) is 36.4 Å². The van der Waals surface area contributed by atoms with Gasteiger partial charge in [-0.3, -0.25) is 0 Å². The summed E-state index contributed by atoms with van der Waals surface area (Å²) in [5.74, 6) is 0. The van der Waals surface area contributed by atoms with Crippen molar-refractivity contribution in [2.24, 2.45) is 5.14 Å². The van der Waals surface area contributed by atoms with Crippen LogP contribution in [-0.2, 0) is 13.5 Å². The fourth-order valence-corrected chi connectivity index (χ4v) is 3.44. The zero-order valence-corrected chi connectivity index (χ0v) is 13.7. The van der Waals surface area contributed by atoms with Gasteiger partial charge >= 0.3 is 98.1 Å². The standard InChI is InChI=1S/C9H12NO2S.H2O.Sn.2H/c1-7(2)8-5-3-4-6-9(8)13(10,11)12;;;;/h3-6H,1-2H3,(H2,10,11,12);1H2;;;. The molecule has 4 nitrogen and oxygen atoms in total. The first kappa shape index (κ1) is 14.9. The molecular formula is C9H16NO3SSn. The van der Waals surface area contributed by atoms with Crippen LogP contribution in [0.5, 0.6) is 0 Å². The van der Waals surface area contributed by atoms with Crippen molar-refractivity contribution in [1.82, 2.24) is 0 Å². The Morgan fingerprint density at radius 3 is 2.07 bits per heavy atom. The SMILES string of the molecule is C[C](C)([SnH2])c1ccccc1S(N)(=O)=O.O. The number of hydrogen-bond acceptors (Lipinski definition) is 2. The van der Waals surface area contributed by atoms with Gasteiger partial charge in [0.05, 0.1) is 0 Å². The molecule has 4 N–H and O–H groups in total. The van der Waals surface area contributed by atoms with Crippen molar-refractivity contribution >= 4 is 32.5 Å². The summed E-state index contributed by atoms with van der Waals surface area (Å²) >= 11 is 0.637. The van der Waals surface area contributed by atoms with Crippen molar-refractivity contribution in [3.63, 3.8) is 0 Å². The molecule has 0 amide bonds. The molecule has 0 bridgehead atoms. The van der Waals surface area contributed by atoms with E-state index in [-0.39, 0.29) is 13.8 Å². The van der Waals surface area contributed by atoms with E-state index in [2.05, 4.69) is 0 Å². The first-order chi connectivity index (χ1) is 6.23. The van der Waals surface area contributed by atoms with Crippen LogP contribution in [0.15, 0.2) is 29.2 Å². The molecule has 0 unspecified atom stereocenters. The van der Waals surface area contributed by atoms with E-state index in [0.717, 1.165) is 5.56 Å². The van der Waals surface area contributed by atoms with Crippen molar-refractivity contribution < 1.29 is 13.9 Å². The molecule has 0 saturated heterocycles. The Hall–Kier alpha value is -0.111. The molecule has 0 heterocycles. The molecule has 6 heteroatoms. The maximum atomic E-state index is 11.3. The fraction of sp³-hybridized carbons (Fsp3) is 0.333. The van der Waals surface area contributed by atoms with Crippen LogP contribution in [0.25, 0.3) is 0 Å².